The average Bonchev–Trinajstić information content (AvgIpc) is 2.41. The molecule has 122 valence electrons. The van der Waals surface area contributed by atoms with Gasteiger partial charge in [0, 0.05) is 6.42 Å². The van der Waals surface area contributed by atoms with Gasteiger partial charge in [0.1, 0.15) is 0 Å². The lowest BCUT2D eigenvalue weighted by Crippen LogP contribution is -2.07. The van der Waals surface area contributed by atoms with Crippen LogP contribution in [-0.2, 0) is 19.7 Å². The third-order valence-electron chi connectivity index (χ3n) is 3.26. The summed E-state index contributed by atoms with van der Waals surface area (Å²) in [5.41, 5.74) is 0.644. The Morgan fingerprint density at radius 2 is 1.59 bits per heavy atom. The fourth-order valence-electron chi connectivity index (χ4n) is 2.18. The van der Waals surface area contributed by atoms with Gasteiger partial charge < -0.3 is 10.2 Å². The molecule has 0 heterocycles. The molecular formula is C14H18O7S. The van der Waals surface area contributed by atoms with Crippen molar-refractivity contribution in [3.05, 3.63) is 29.8 Å². The Morgan fingerprint density at radius 1 is 1.00 bits per heavy atom. The molecule has 0 fully saturated rings. The number of carboxylic acid groups (broad SMARTS) is 2. The second kappa shape index (κ2) is 7.90. The highest BCUT2D eigenvalue weighted by Gasteiger charge is 2.17. The van der Waals surface area contributed by atoms with Crippen LogP contribution in [0.2, 0.25) is 0 Å². The molecule has 0 aliphatic heterocycles. The standard InChI is InChI=1S/C14H18O7S/c15-13(16)4-2-1-3-11(9-14(17)18)10-5-7-12(8-6-10)22(19,20)21/h5-8,11H,1-4,9H2,(H,15,16)(H,17,18)(H,19,20,21). The second-order valence-electron chi connectivity index (χ2n) is 4.98. The van der Waals surface area contributed by atoms with Gasteiger partial charge in [0.25, 0.3) is 10.1 Å². The van der Waals surface area contributed by atoms with Gasteiger partial charge in [-0.05, 0) is 36.5 Å². The summed E-state index contributed by atoms with van der Waals surface area (Å²) in [6.45, 7) is 0. The fourth-order valence-corrected chi connectivity index (χ4v) is 2.66. The first kappa shape index (κ1) is 18.1. The van der Waals surface area contributed by atoms with Crippen LogP contribution in [0, 0.1) is 0 Å². The molecule has 7 nitrogen and oxygen atoms in total. The molecule has 0 amide bonds. The molecule has 1 aromatic carbocycles. The van der Waals surface area contributed by atoms with E-state index in [-0.39, 0.29) is 23.7 Å². The van der Waals surface area contributed by atoms with Crippen molar-refractivity contribution >= 4 is 22.1 Å². The van der Waals surface area contributed by atoms with Gasteiger partial charge in [-0.2, -0.15) is 8.42 Å². The fraction of sp³-hybridized carbons (Fsp3) is 0.429. The van der Waals surface area contributed by atoms with E-state index in [1.165, 1.54) is 24.3 Å². The highest BCUT2D eigenvalue weighted by molar-refractivity contribution is 7.85. The Balaban J connectivity index is 2.78. The Hall–Kier alpha value is -1.93. The SMILES string of the molecule is O=C(O)CCCCC(CC(=O)O)c1ccc(S(=O)(=O)O)cc1. The van der Waals surface area contributed by atoms with Crippen LogP contribution in [0.1, 0.15) is 43.6 Å². The van der Waals surface area contributed by atoms with Gasteiger partial charge >= 0.3 is 11.9 Å². The summed E-state index contributed by atoms with van der Waals surface area (Å²) >= 11 is 0. The van der Waals surface area contributed by atoms with Crippen LogP contribution in [0.3, 0.4) is 0 Å². The van der Waals surface area contributed by atoms with Crippen LogP contribution < -0.4 is 0 Å². The Kier molecular flexibility index (Phi) is 6.51. The van der Waals surface area contributed by atoms with Crippen molar-refractivity contribution in [1.29, 1.82) is 0 Å². The third-order valence-corrected chi connectivity index (χ3v) is 4.13. The minimum Gasteiger partial charge on any atom is -0.481 e. The molecule has 0 spiro atoms. The number of carbonyl (C=O) groups is 2. The van der Waals surface area contributed by atoms with Crippen molar-refractivity contribution in [3.63, 3.8) is 0 Å². The molecule has 0 aromatic heterocycles. The van der Waals surface area contributed by atoms with Crippen LogP contribution in [0.4, 0.5) is 0 Å². The van der Waals surface area contributed by atoms with E-state index >= 15 is 0 Å². The van der Waals surface area contributed by atoms with E-state index in [1.807, 2.05) is 0 Å². The first-order valence-electron chi connectivity index (χ1n) is 6.71. The molecule has 8 heteroatoms. The van der Waals surface area contributed by atoms with E-state index in [9.17, 15) is 18.0 Å². The van der Waals surface area contributed by atoms with Gasteiger partial charge in [-0.3, -0.25) is 14.1 Å². The summed E-state index contributed by atoms with van der Waals surface area (Å²) in [5, 5.41) is 17.5. The predicted octanol–water partition coefficient (Wildman–Crippen LogP) is 2.14. The number of carboxylic acids is 2. The zero-order chi connectivity index (χ0) is 16.8. The molecule has 0 aliphatic rings. The molecule has 1 atom stereocenters. The summed E-state index contributed by atoms with van der Waals surface area (Å²) in [6, 6.07) is 5.37. The number of unbranched alkanes of at least 4 members (excludes halogenated alkanes) is 1. The zero-order valence-electron chi connectivity index (χ0n) is 11.8. The van der Waals surface area contributed by atoms with Gasteiger partial charge in [-0.25, -0.2) is 0 Å². The Bertz CT molecular complexity index is 619. The number of aliphatic carboxylic acids is 2. The smallest absolute Gasteiger partial charge is 0.303 e. The zero-order valence-corrected chi connectivity index (χ0v) is 12.6. The quantitative estimate of drug-likeness (QED) is 0.467. The predicted molar refractivity (Wildman–Crippen MR) is 77.4 cm³/mol. The van der Waals surface area contributed by atoms with Gasteiger partial charge in [0.05, 0.1) is 11.3 Å². The van der Waals surface area contributed by atoms with Crippen molar-refractivity contribution in [1.82, 2.24) is 0 Å². The first-order chi connectivity index (χ1) is 10.2. The van der Waals surface area contributed by atoms with Crippen molar-refractivity contribution < 1.29 is 32.8 Å². The van der Waals surface area contributed by atoms with E-state index in [0.717, 1.165) is 0 Å². The summed E-state index contributed by atoms with van der Waals surface area (Å²) in [5.74, 6) is -2.21. The van der Waals surface area contributed by atoms with E-state index < -0.39 is 22.1 Å². The van der Waals surface area contributed by atoms with E-state index in [2.05, 4.69) is 0 Å². The lowest BCUT2D eigenvalue weighted by molar-refractivity contribution is -0.138. The van der Waals surface area contributed by atoms with Crippen LogP contribution in [0.15, 0.2) is 29.2 Å². The largest absolute Gasteiger partial charge is 0.481 e. The number of hydrogen-bond acceptors (Lipinski definition) is 4. The topological polar surface area (TPSA) is 129 Å². The molecular weight excluding hydrogens is 312 g/mol. The minimum atomic E-state index is -4.28. The van der Waals surface area contributed by atoms with Crippen LogP contribution in [0.25, 0.3) is 0 Å². The maximum atomic E-state index is 11.0. The average molecular weight is 330 g/mol. The summed E-state index contributed by atoms with van der Waals surface area (Å²) in [7, 11) is -4.28. The van der Waals surface area contributed by atoms with Gasteiger partial charge in [0.15, 0.2) is 0 Å². The molecule has 0 radical (unpaired) electrons. The maximum absolute atomic E-state index is 11.0. The Labute approximate surface area is 128 Å². The summed E-state index contributed by atoms with van der Waals surface area (Å²) in [4.78, 5) is 21.1. The second-order valence-corrected chi connectivity index (χ2v) is 6.40. The third kappa shape index (κ3) is 6.23. The van der Waals surface area contributed by atoms with Gasteiger partial charge in [-0.15, -0.1) is 0 Å². The molecule has 0 aliphatic carbocycles. The normalized spacial score (nSPS) is 12.8. The van der Waals surface area contributed by atoms with Crippen LogP contribution in [-0.4, -0.2) is 35.1 Å². The molecule has 0 saturated carbocycles. The number of hydrogen-bond donors (Lipinski definition) is 3. The lowest BCUT2D eigenvalue weighted by atomic mass is 9.90. The molecule has 0 bridgehead atoms. The van der Waals surface area contributed by atoms with Crippen LogP contribution >= 0.6 is 0 Å². The molecule has 3 N–H and O–H groups in total. The number of benzene rings is 1. The van der Waals surface area contributed by atoms with Gasteiger partial charge in [-0.1, -0.05) is 18.6 Å². The minimum absolute atomic E-state index is 0.0293. The summed E-state index contributed by atoms with van der Waals surface area (Å²) in [6.07, 6.45) is 1.41. The highest BCUT2D eigenvalue weighted by Crippen LogP contribution is 2.27. The maximum Gasteiger partial charge on any atom is 0.303 e. The Morgan fingerprint density at radius 3 is 2.05 bits per heavy atom. The lowest BCUT2D eigenvalue weighted by Gasteiger charge is -2.15. The monoisotopic (exact) mass is 330 g/mol. The molecule has 0 saturated heterocycles. The van der Waals surface area contributed by atoms with Crippen LogP contribution in [0.5, 0.6) is 0 Å². The molecule has 22 heavy (non-hydrogen) atoms. The number of rotatable bonds is 9. The van der Waals surface area contributed by atoms with Crippen molar-refractivity contribution in [2.24, 2.45) is 0 Å². The first-order valence-corrected chi connectivity index (χ1v) is 8.15. The van der Waals surface area contributed by atoms with E-state index in [0.29, 0.717) is 24.8 Å². The molecule has 1 aromatic rings. The van der Waals surface area contributed by atoms with Gasteiger partial charge in [0.2, 0.25) is 0 Å². The molecule has 1 rings (SSSR count). The van der Waals surface area contributed by atoms with Crippen molar-refractivity contribution in [2.75, 3.05) is 0 Å². The van der Waals surface area contributed by atoms with Crippen molar-refractivity contribution in [2.45, 2.75) is 42.9 Å². The summed E-state index contributed by atoms with van der Waals surface area (Å²) < 4.78 is 30.9. The highest BCUT2D eigenvalue weighted by atomic mass is 32.2. The van der Waals surface area contributed by atoms with Crippen molar-refractivity contribution in [3.8, 4) is 0 Å². The molecule has 1 unspecified atom stereocenters. The van der Waals surface area contributed by atoms with E-state index in [4.69, 9.17) is 14.8 Å². The van der Waals surface area contributed by atoms with E-state index in [1.54, 1.807) is 0 Å².